The fourth-order valence-electron chi connectivity index (χ4n) is 1.26. The maximum absolute atomic E-state index is 11.6. The first-order valence-corrected chi connectivity index (χ1v) is 6.33. The predicted molar refractivity (Wildman–Crippen MR) is 58.3 cm³/mol. The van der Waals surface area contributed by atoms with Gasteiger partial charge in [-0.05, 0) is 0 Å². The number of rotatable bonds is 5. The molecule has 0 spiro atoms. The maximum Gasteiger partial charge on any atom is 0.269 e. The predicted octanol–water partition coefficient (Wildman–Crippen LogP) is -0.657. The minimum Gasteiger partial charge on any atom is -0.863 e. The summed E-state index contributed by atoms with van der Waals surface area (Å²) in [6, 6.07) is 0.890. The summed E-state index contributed by atoms with van der Waals surface area (Å²) < 4.78 is 23.2. The second kappa shape index (κ2) is 5.16. The highest BCUT2D eigenvalue weighted by Crippen LogP contribution is 2.35. The van der Waals surface area contributed by atoms with E-state index in [1.807, 2.05) is 0 Å². The lowest BCUT2D eigenvalue weighted by atomic mass is 10.2. The van der Waals surface area contributed by atoms with E-state index in [0.717, 1.165) is 0 Å². The SMILES string of the molecule is O=[N+]([O-])c1cc(S(=O)(=O)CCO)cc([N+](=O)[O-])c1[O-]. The average Bonchev–Trinajstić information content (AvgIpc) is 2.27. The van der Waals surface area contributed by atoms with E-state index >= 15 is 0 Å². The van der Waals surface area contributed by atoms with Crippen molar-refractivity contribution in [2.45, 2.75) is 4.90 Å². The van der Waals surface area contributed by atoms with Gasteiger partial charge in [0.2, 0.25) is 0 Å². The average molecular weight is 291 g/mol. The van der Waals surface area contributed by atoms with Crippen LogP contribution in [-0.2, 0) is 9.84 Å². The number of aliphatic hydroxyl groups excluding tert-OH is 1. The summed E-state index contributed by atoms with van der Waals surface area (Å²) in [6.45, 7) is -0.761. The van der Waals surface area contributed by atoms with Gasteiger partial charge in [0, 0.05) is 12.1 Å². The Morgan fingerprint density at radius 3 is 1.84 bits per heavy atom. The molecule has 1 N–H and O–H groups in total. The van der Waals surface area contributed by atoms with Crippen LogP contribution in [0.2, 0.25) is 0 Å². The summed E-state index contributed by atoms with van der Waals surface area (Å²) in [5.74, 6) is -2.24. The van der Waals surface area contributed by atoms with Gasteiger partial charge in [0.25, 0.3) is 11.4 Å². The molecule has 19 heavy (non-hydrogen) atoms. The fraction of sp³-hybridized carbons (Fsp3) is 0.250. The molecular formula is C8H7N2O8S-. The standard InChI is InChI=1S/C8H8N2O8S/c11-1-2-19(17,18)5-3-6(9(13)14)8(12)7(4-5)10(15)16/h3-4,11-12H,1-2H2/p-1. The van der Waals surface area contributed by atoms with Crippen molar-refractivity contribution in [1.29, 1.82) is 0 Å². The van der Waals surface area contributed by atoms with Crippen molar-refractivity contribution in [3.8, 4) is 5.75 Å². The van der Waals surface area contributed by atoms with E-state index in [4.69, 9.17) is 5.11 Å². The van der Waals surface area contributed by atoms with Gasteiger partial charge in [0.05, 0.1) is 32.9 Å². The molecule has 0 bridgehead atoms. The van der Waals surface area contributed by atoms with Crippen LogP contribution in [0.25, 0.3) is 0 Å². The Morgan fingerprint density at radius 1 is 1.11 bits per heavy atom. The molecule has 0 atom stereocenters. The quantitative estimate of drug-likeness (QED) is 0.551. The Labute approximate surface area is 106 Å². The summed E-state index contributed by atoms with van der Waals surface area (Å²) >= 11 is 0. The van der Waals surface area contributed by atoms with Crippen LogP contribution < -0.4 is 5.11 Å². The minimum atomic E-state index is -4.14. The van der Waals surface area contributed by atoms with Crippen molar-refractivity contribution in [3.63, 3.8) is 0 Å². The molecule has 0 aliphatic rings. The smallest absolute Gasteiger partial charge is 0.269 e. The van der Waals surface area contributed by atoms with Crippen LogP contribution in [0.3, 0.4) is 0 Å². The molecular weight excluding hydrogens is 284 g/mol. The van der Waals surface area contributed by atoms with Crippen molar-refractivity contribution in [2.24, 2.45) is 0 Å². The van der Waals surface area contributed by atoms with E-state index < -0.39 is 54.1 Å². The molecule has 0 heterocycles. The minimum absolute atomic E-state index is 0.445. The first-order valence-electron chi connectivity index (χ1n) is 4.68. The van der Waals surface area contributed by atoms with Gasteiger partial charge in [0.15, 0.2) is 9.84 Å². The molecule has 0 saturated carbocycles. The Kier molecular flexibility index (Phi) is 4.01. The maximum atomic E-state index is 11.6. The number of hydrogen-bond donors (Lipinski definition) is 1. The summed E-state index contributed by atoms with van der Waals surface area (Å²) in [5, 5.41) is 41.1. The van der Waals surface area contributed by atoms with Crippen molar-refractivity contribution in [1.82, 2.24) is 0 Å². The van der Waals surface area contributed by atoms with Crippen molar-refractivity contribution >= 4 is 21.2 Å². The monoisotopic (exact) mass is 291 g/mol. The van der Waals surface area contributed by atoms with E-state index in [9.17, 15) is 33.8 Å². The zero-order valence-electron chi connectivity index (χ0n) is 9.18. The van der Waals surface area contributed by atoms with Crippen LogP contribution in [0.4, 0.5) is 11.4 Å². The Morgan fingerprint density at radius 2 is 1.53 bits per heavy atom. The van der Waals surface area contributed by atoms with E-state index in [1.54, 1.807) is 0 Å². The molecule has 0 amide bonds. The second-order valence-electron chi connectivity index (χ2n) is 3.35. The third-order valence-corrected chi connectivity index (χ3v) is 3.81. The molecule has 104 valence electrons. The van der Waals surface area contributed by atoms with Crippen LogP contribution in [-0.4, -0.2) is 35.7 Å². The van der Waals surface area contributed by atoms with Crippen LogP contribution in [0.5, 0.6) is 5.75 Å². The first kappa shape index (κ1) is 14.8. The highest BCUT2D eigenvalue weighted by atomic mass is 32.2. The molecule has 1 rings (SSSR count). The lowest BCUT2D eigenvalue weighted by Gasteiger charge is -2.09. The third-order valence-electron chi connectivity index (χ3n) is 2.14. The van der Waals surface area contributed by atoms with Gasteiger partial charge in [-0.2, -0.15) is 0 Å². The van der Waals surface area contributed by atoms with Crippen LogP contribution in [0.15, 0.2) is 17.0 Å². The highest BCUT2D eigenvalue weighted by Gasteiger charge is 2.25. The van der Waals surface area contributed by atoms with E-state index in [1.165, 1.54) is 0 Å². The number of benzene rings is 1. The van der Waals surface area contributed by atoms with Crippen LogP contribution in [0.1, 0.15) is 0 Å². The highest BCUT2D eigenvalue weighted by molar-refractivity contribution is 7.91. The van der Waals surface area contributed by atoms with Crippen molar-refractivity contribution < 1.29 is 28.5 Å². The molecule has 0 unspecified atom stereocenters. The topological polar surface area (TPSA) is 164 Å². The number of hydrogen-bond acceptors (Lipinski definition) is 8. The number of sulfone groups is 1. The van der Waals surface area contributed by atoms with E-state index in [-0.39, 0.29) is 0 Å². The third kappa shape index (κ3) is 2.95. The van der Waals surface area contributed by atoms with E-state index in [0.29, 0.717) is 12.1 Å². The molecule has 0 aromatic heterocycles. The number of nitro groups is 2. The summed E-state index contributed by atoms with van der Waals surface area (Å²) in [5.41, 5.74) is -2.41. The Hall–Kier alpha value is -2.27. The van der Waals surface area contributed by atoms with Crippen LogP contribution in [0, 0.1) is 20.2 Å². The molecule has 10 nitrogen and oxygen atoms in total. The summed E-state index contributed by atoms with van der Waals surface area (Å²) in [6.07, 6.45) is 0. The van der Waals surface area contributed by atoms with Gasteiger partial charge in [0.1, 0.15) is 0 Å². The van der Waals surface area contributed by atoms with Crippen molar-refractivity contribution in [2.75, 3.05) is 12.4 Å². The molecule has 1 aromatic carbocycles. The number of nitro benzene ring substituents is 2. The lowest BCUT2D eigenvalue weighted by molar-refractivity contribution is -0.416. The molecule has 0 radical (unpaired) electrons. The summed E-state index contributed by atoms with van der Waals surface area (Å²) in [4.78, 5) is 18.0. The Bertz CT molecular complexity index is 603. The lowest BCUT2D eigenvalue weighted by Crippen LogP contribution is -2.12. The molecule has 0 aliphatic heterocycles. The molecule has 0 aliphatic carbocycles. The zero-order chi connectivity index (χ0) is 14.8. The fourth-order valence-corrected chi connectivity index (χ4v) is 2.32. The molecule has 0 fully saturated rings. The van der Waals surface area contributed by atoms with Crippen LogP contribution >= 0.6 is 0 Å². The molecule has 11 heteroatoms. The normalized spacial score (nSPS) is 11.2. The van der Waals surface area contributed by atoms with Gasteiger partial charge in [-0.25, -0.2) is 8.42 Å². The summed E-state index contributed by atoms with van der Waals surface area (Å²) in [7, 11) is -4.14. The van der Waals surface area contributed by atoms with Gasteiger partial charge < -0.3 is 10.2 Å². The first-order chi connectivity index (χ1) is 8.70. The van der Waals surface area contributed by atoms with Gasteiger partial charge >= 0.3 is 0 Å². The molecule has 0 saturated heterocycles. The second-order valence-corrected chi connectivity index (χ2v) is 5.46. The Balaban J connectivity index is 3.61. The largest absolute Gasteiger partial charge is 0.863 e. The molecule has 1 aromatic rings. The number of nitrogens with zero attached hydrogens (tertiary/aromatic N) is 2. The van der Waals surface area contributed by atoms with Gasteiger partial charge in [-0.3, -0.25) is 20.2 Å². The van der Waals surface area contributed by atoms with Crippen molar-refractivity contribution in [3.05, 3.63) is 32.4 Å². The van der Waals surface area contributed by atoms with E-state index in [2.05, 4.69) is 0 Å². The van der Waals surface area contributed by atoms with Gasteiger partial charge in [-0.1, -0.05) is 0 Å². The number of aliphatic hydroxyl groups is 1. The zero-order valence-corrected chi connectivity index (χ0v) is 9.99. The van der Waals surface area contributed by atoms with Gasteiger partial charge in [-0.15, -0.1) is 0 Å².